The second-order valence-electron chi connectivity index (χ2n) is 7.41. The monoisotopic (exact) mass is 438 g/mol. The zero-order valence-electron chi connectivity index (χ0n) is 16.5. The molecule has 4 heterocycles. The number of esters is 2. The summed E-state index contributed by atoms with van der Waals surface area (Å²) in [4.78, 5) is 28.7. The highest BCUT2D eigenvalue weighted by Crippen LogP contribution is 2.40. The van der Waals surface area contributed by atoms with Gasteiger partial charge in [0.25, 0.3) is 5.79 Å². The number of rotatable bonds is 2. The lowest BCUT2D eigenvalue weighted by Gasteiger charge is -2.32. The number of pyridine rings is 1. The van der Waals surface area contributed by atoms with Crippen LogP contribution in [-0.4, -0.2) is 39.8 Å². The second kappa shape index (κ2) is 7.79. The van der Waals surface area contributed by atoms with E-state index in [9.17, 15) is 9.59 Å². The van der Waals surface area contributed by atoms with Crippen LogP contribution in [0.1, 0.15) is 24.0 Å². The lowest BCUT2D eigenvalue weighted by molar-refractivity contribution is -0.225. The maximum atomic E-state index is 12.3. The van der Waals surface area contributed by atoms with Crippen molar-refractivity contribution in [3.05, 3.63) is 65.1 Å². The molecule has 1 fully saturated rings. The molecule has 0 bridgehead atoms. The van der Waals surface area contributed by atoms with E-state index < -0.39 is 17.7 Å². The Bertz CT molecular complexity index is 1140. The van der Waals surface area contributed by atoms with Crippen molar-refractivity contribution in [3.63, 3.8) is 0 Å². The van der Waals surface area contributed by atoms with Gasteiger partial charge in [-0.2, -0.15) is 5.10 Å². The van der Waals surface area contributed by atoms with Crippen LogP contribution in [0.2, 0.25) is 5.02 Å². The number of fused-ring (bicyclic) bond motifs is 2. The first-order chi connectivity index (χ1) is 15.1. The van der Waals surface area contributed by atoms with E-state index in [-0.39, 0.29) is 19.4 Å². The van der Waals surface area contributed by atoms with Crippen molar-refractivity contribution in [2.75, 3.05) is 13.1 Å². The van der Waals surface area contributed by atoms with Crippen LogP contribution in [0.3, 0.4) is 0 Å². The Hall–Kier alpha value is -3.23. The number of nitrogens with one attached hydrogen (secondary N) is 1. The molecule has 8 nitrogen and oxygen atoms in total. The van der Waals surface area contributed by atoms with Crippen molar-refractivity contribution in [3.8, 4) is 16.9 Å². The fraction of sp³-hybridized carbons (Fsp3) is 0.273. The molecule has 3 aromatic rings. The van der Waals surface area contributed by atoms with Crippen LogP contribution in [-0.2, 0) is 31.3 Å². The fourth-order valence-corrected chi connectivity index (χ4v) is 4.37. The molecule has 2 aliphatic rings. The van der Waals surface area contributed by atoms with Crippen molar-refractivity contribution in [1.82, 2.24) is 20.1 Å². The fourth-order valence-electron chi connectivity index (χ4n) is 4.11. The summed E-state index contributed by atoms with van der Waals surface area (Å²) < 4.78 is 13.2. The number of hydrogen-bond donors (Lipinski definition) is 1. The van der Waals surface area contributed by atoms with E-state index in [1.165, 1.54) is 0 Å². The summed E-state index contributed by atoms with van der Waals surface area (Å²) >= 11 is 6.67. The van der Waals surface area contributed by atoms with Crippen LogP contribution in [0.25, 0.3) is 16.9 Å². The first kappa shape index (κ1) is 19.7. The number of ether oxygens (including phenoxy) is 2. The SMILES string of the molecule is O=C1CCC(=O)OC2(CNCCc3c2ccc(Cl)c3-n2nccc2-c2ccncc2)O1. The van der Waals surface area contributed by atoms with Gasteiger partial charge in [0.15, 0.2) is 0 Å². The van der Waals surface area contributed by atoms with Crippen LogP contribution in [0.4, 0.5) is 0 Å². The molecule has 0 aliphatic carbocycles. The number of halogens is 1. The number of hydrogen-bond acceptors (Lipinski definition) is 7. The number of carbonyl (C=O) groups is 2. The zero-order valence-corrected chi connectivity index (χ0v) is 17.3. The number of nitrogens with zero attached hydrogens (tertiary/aromatic N) is 3. The van der Waals surface area contributed by atoms with Gasteiger partial charge in [-0.3, -0.25) is 14.6 Å². The van der Waals surface area contributed by atoms with Crippen LogP contribution in [0.5, 0.6) is 0 Å². The minimum atomic E-state index is -1.54. The van der Waals surface area contributed by atoms with E-state index in [2.05, 4.69) is 15.4 Å². The summed E-state index contributed by atoms with van der Waals surface area (Å²) in [6.45, 7) is 0.748. The molecule has 5 rings (SSSR count). The molecular weight excluding hydrogens is 420 g/mol. The molecule has 9 heteroatoms. The minimum absolute atomic E-state index is 0.0122. The van der Waals surface area contributed by atoms with Crippen molar-refractivity contribution in [1.29, 1.82) is 0 Å². The lowest BCUT2D eigenvalue weighted by Crippen LogP contribution is -2.43. The molecule has 0 radical (unpaired) electrons. The predicted molar refractivity (Wildman–Crippen MR) is 111 cm³/mol. The molecule has 0 saturated carbocycles. The molecule has 1 aromatic carbocycles. The van der Waals surface area contributed by atoms with Gasteiger partial charge >= 0.3 is 11.9 Å². The van der Waals surface area contributed by atoms with Crippen molar-refractivity contribution in [2.45, 2.75) is 25.0 Å². The van der Waals surface area contributed by atoms with Gasteiger partial charge in [0, 0.05) is 23.5 Å². The van der Waals surface area contributed by atoms with Crippen molar-refractivity contribution in [2.24, 2.45) is 0 Å². The molecular formula is C22H19ClN4O4. The number of benzene rings is 1. The topological polar surface area (TPSA) is 95.3 Å². The molecule has 1 spiro atoms. The van der Waals surface area contributed by atoms with Gasteiger partial charge in [-0.25, -0.2) is 4.68 Å². The van der Waals surface area contributed by atoms with Gasteiger partial charge in [-0.1, -0.05) is 11.6 Å². The Morgan fingerprint density at radius 1 is 0.968 bits per heavy atom. The molecule has 0 unspecified atom stereocenters. The van der Waals surface area contributed by atoms with Crippen LogP contribution >= 0.6 is 11.6 Å². The first-order valence-corrected chi connectivity index (χ1v) is 10.4. The van der Waals surface area contributed by atoms with E-state index in [1.54, 1.807) is 35.4 Å². The highest BCUT2D eigenvalue weighted by atomic mass is 35.5. The highest BCUT2D eigenvalue weighted by Gasteiger charge is 2.46. The summed E-state index contributed by atoms with van der Waals surface area (Å²) in [5, 5.41) is 8.23. The molecule has 2 aliphatic heterocycles. The van der Waals surface area contributed by atoms with E-state index in [0.717, 1.165) is 16.8 Å². The van der Waals surface area contributed by atoms with E-state index in [0.29, 0.717) is 29.2 Å². The van der Waals surface area contributed by atoms with Gasteiger partial charge in [0.05, 0.1) is 42.0 Å². The summed E-state index contributed by atoms with van der Waals surface area (Å²) in [5.41, 5.74) is 3.82. The third kappa shape index (κ3) is 3.47. The second-order valence-corrected chi connectivity index (χ2v) is 7.82. The molecule has 0 atom stereocenters. The normalized spacial score (nSPS) is 18.0. The number of aromatic nitrogens is 3. The highest BCUT2D eigenvalue weighted by molar-refractivity contribution is 6.32. The molecule has 158 valence electrons. The standard InChI is InChI=1S/C22H19ClN4O4/c23-17-2-1-16-15(7-11-25-13-22(16)30-19(28)3-4-20(29)31-22)21(17)27-18(8-12-26-27)14-5-9-24-10-6-14/h1-2,5-6,8-10,12,25H,3-4,7,11,13H2. The molecule has 0 amide bonds. The maximum absolute atomic E-state index is 12.3. The Kier molecular flexibility index (Phi) is 4.95. The Balaban J connectivity index is 1.72. The minimum Gasteiger partial charge on any atom is -0.416 e. The van der Waals surface area contributed by atoms with Gasteiger partial charge in [-0.05, 0) is 48.9 Å². The quantitative estimate of drug-likeness (QED) is 0.614. The third-order valence-corrected chi connectivity index (χ3v) is 5.78. The Morgan fingerprint density at radius 3 is 2.45 bits per heavy atom. The Morgan fingerprint density at radius 2 is 1.71 bits per heavy atom. The van der Waals surface area contributed by atoms with Gasteiger partial charge in [0.1, 0.15) is 0 Å². The van der Waals surface area contributed by atoms with E-state index in [1.807, 2.05) is 18.2 Å². The summed E-state index contributed by atoms with van der Waals surface area (Å²) in [7, 11) is 0. The van der Waals surface area contributed by atoms with Gasteiger partial charge in [0.2, 0.25) is 0 Å². The Labute approximate surface area is 183 Å². The zero-order chi connectivity index (χ0) is 21.4. The molecule has 2 aromatic heterocycles. The first-order valence-electron chi connectivity index (χ1n) is 9.98. The summed E-state index contributed by atoms with van der Waals surface area (Å²) in [5.74, 6) is -2.50. The summed E-state index contributed by atoms with van der Waals surface area (Å²) in [6.07, 6.45) is 5.68. The predicted octanol–water partition coefficient (Wildman–Crippen LogP) is 2.77. The van der Waals surface area contributed by atoms with Crippen molar-refractivity contribution < 1.29 is 19.1 Å². The smallest absolute Gasteiger partial charge is 0.309 e. The van der Waals surface area contributed by atoms with Crippen LogP contribution < -0.4 is 5.32 Å². The van der Waals surface area contributed by atoms with Gasteiger partial charge < -0.3 is 14.8 Å². The number of carbonyl (C=O) groups excluding carboxylic acids is 2. The average Bonchev–Trinajstić information content (AvgIpc) is 3.11. The largest absolute Gasteiger partial charge is 0.416 e. The lowest BCUT2D eigenvalue weighted by atomic mass is 9.96. The molecule has 1 N–H and O–H groups in total. The van der Waals surface area contributed by atoms with E-state index >= 15 is 0 Å². The third-order valence-electron chi connectivity index (χ3n) is 5.47. The maximum Gasteiger partial charge on any atom is 0.309 e. The molecule has 1 saturated heterocycles. The van der Waals surface area contributed by atoms with Crippen LogP contribution in [0.15, 0.2) is 48.9 Å². The van der Waals surface area contributed by atoms with Crippen LogP contribution in [0, 0.1) is 0 Å². The van der Waals surface area contributed by atoms with Crippen molar-refractivity contribution >= 4 is 23.5 Å². The van der Waals surface area contributed by atoms with E-state index in [4.69, 9.17) is 21.1 Å². The van der Waals surface area contributed by atoms with Gasteiger partial charge in [-0.15, -0.1) is 0 Å². The molecule has 31 heavy (non-hydrogen) atoms. The summed E-state index contributed by atoms with van der Waals surface area (Å²) in [6, 6.07) is 9.15. The average molecular weight is 439 g/mol.